The Morgan fingerprint density at radius 1 is 0.976 bits per heavy atom. The minimum Gasteiger partial charge on any atom is -0.497 e. The number of nitrogens with zero attached hydrogens (tertiary/aromatic N) is 3. The van der Waals surface area contributed by atoms with Crippen LogP contribution in [0.25, 0.3) is 0 Å². The van der Waals surface area contributed by atoms with Crippen molar-refractivity contribution in [3.63, 3.8) is 0 Å². The molecule has 3 aliphatic heterocycles. The molecule has 4 atom stereocenters. The minimum atomic E-state index is -3.02. The maximum Gasteiger partial charge on any atom is 0.339 e. The van der Waals surface area contributed by atoms with Gasteiger partial charge in [0.05, 0.1) is 26.9 Å². The number of rotatable bonds is 8. The molecule has 6 rings (SSSR count). The van der Waals surface area contributed by atoms with Gasteiger partial charge in [-0.15, -0.1) is 0 Å². The highest BCUT2D eigenvalue weighted by atomic mass is 31.2. The fourth-order valence-electron chi connectivity index (χ4n) is 8.59. The SMILES string of the molecule is COC(=O)C1=P2(N(C(C)C)C(C)C)N=C(C(C)(C)C)C3C1(C(=O)OC)C3(c1ccc(OC)cc1)N2C1CCCCC1. The van der Waals surface area contributed by atoms with Gasteiger partial charge in [-0.25, -0.2) is 18.9 Å². The third kappa shape index (κ3) is 3.75. The van der Waals surface area contributed by atoms with E-state index in [9.17, 15) is 9.59 Å². The molecule has 3 heterocycles. The van der Waals surface area contributed by atoms with E-state index in [1.54, 1.807) is 7.11 Å². The molecule has 8 nitrogen and oxygen atoms in total. The standard InChI is InChI=1S/C32H48N3O5P/c1-20(2)34(21(3)4)41-27(28(36)39-9)31(29(37)40-10)25(26(33-41)30(5,6)7)32(31,22-16-18-24(38-8)19-17-22)35(41)23-14-12-11-13-15-23/h16-21,23,25H,11-15H2,1-10H3. The molecule has 0 spiro atoms. The maximum atomic E-state index is 14.5. The first-order chi connectivity index (χ1) is 19.3. The lowest BCUT2D eigenvalue weighted by molar-refractivity contribution is -0.147. The first kappa shape index (κ1) is 30.3. The number of carbonyl (C=O) groups excluding carboxylic acids is 2. The molecule has 2 saturated carbocycles. The lowest BCUT2D eigenvalue weighted by atomic mass is 9.83. The van der Waals surface area contributed by atoms with Crippen molar-refractivity contribution < 1.29 is 23.8 Å². The predicted molar refractivity (Wildman–Crippen MR) is 164 cm³/mol. The van der Waals surface area contributed by atoms with Crippen LogP contribution in [0.1, 0.15) is 86.1 Å². The molecule has 0 amide bonds. The largest absolute Gasteiger partial charge is 0.497 e. The zero-order valence-electron chi connectivity index (χ0n) is 26.5. The van der Waals surface area contributed by atoms with Crippen molar-refractivity contribution in [2.24, 2.45) is 21.5 Å². The summed E-state index contributed by atoms with van der Waals surface area (Å²) in [5.74, 6) is -0.398. The molecule has 4 bridgehead atoms. The molecule has 4 unspecified atom stereocenters. The summed E-state index contributed by atoms with van der Waals surface area (Å²) in [5, 5.41) is 0.515. The van der Waals surface area contributed by atoms with Gasteiger partial charge < -0.3 is 14.2 Å². The number of benzene rings is 1. The minimum absolute atomic E-state index is 0.0655. The van der Waals surface area contributed by atoms with Crippen molar-refractivity contribution in [2.45, 2.75) is 104 Å². The van der Waals surface area contributed by atoms with E-state index in [-0.39, 0.29) is 35.4 Å². The number of methoxy groups -OCH3 is 3. The van der Waals surface area contributed by atoms with Crippen molar-refractivity contribution >= 4 is 30.3 Å². The van der Waals surface area contributed by atoms with E-state index >= 15 is 0 Å². The van der Waals surface area contributed by atoms with Gasteiger partial charge in [0.1, 0.15) is 23.8 Å². The van der Waals surface area contributed by atoms with E-state index in [1.807, 2.05) is 12.1 Å². The zero-order chi connectivity index (χ0) is 30.1. The molecule has 0 radical (unpaired) electrons. The van der Waals surface area contributed by atoms with E-state index in [4.69, 9.17) is 19.0 Å². The maximum absolute atomic E-state index is 14.5. The number of ether oxygens (including phenoxy) is 3. The highest BCUT2D eigenvalue weighted by Gasteiger charge is 2.96. The van der Waals surface area contributed by atoms with E-state index < -0.39 is 24.3 Å². The van der Waals surface area contributed by atoms with Crippen LogP contribution in [0.3, 0.4) is 0 Å². The number of hydrogen-bond acceptors (Lipinski definition) is 8. The molecule has 5 aliphatic rings. The van der Waals surface area contributed by atoms with Crippen LogP contribution in [0, 0.1) is 16.7 Å². The Labute approximate surface area is 245 Å². The molecule has 1 aromatic carbocycles. The summed E-state index contributed by atoms with van der Waals surface area (Å²) in [6.07, 6.45) is 5.43. The molecule has 0 aromatic heterocycles. The molecule has 2 aliphatic carbocycles. The molecule has 0 N–H and O–H groups in total. The van der Waals surface area contributed by atoms with Gasteiger partial charge in [-0.1, -0.05) is 52.2 Å². The molecular formula is C32H48N3O5P. The van der Waals surface area contributed by atoms with E-state index in [0.717, 1.165) is 42.7 Å². The monoisotopic (exact) mass is 585 g/mol. The van der Waals surface area contributed by atoms with Crippen LogP contribution < -0.4 is 4.74 Å². The first-order valence-electron chi connectivity index (χ1n) is 15.1. The van der Waals surface area contributed by atoms with Crippen LogP contribution in [0.2, 0.25) is 0 Å². The Bertz CT molecular complexity index is 1300. The van der Waals surface area contributed by atoms with E-state index in [0.29, 0.717) is 5.29 Å². The van der Waals surface area contributed by atoms with Crippen molar-refractivity contribution in [2.75, 3.05) is 21.3 Å². The van der Waals surface area contributed by atoms with E-state index in [1.165, 1.54) is 20.6 Å². The summed E-state index contributed by atoms with van der Waals surface area (Å²) in [7, 11) is 1.51. The number of esters is 2. The average Bonchev–Trinajstić information content (AvgIpc) is 3.50. The average molecular weight is 586 g/mol. The van der Waals surface area contributed by atoms with Crippen LogP contribution >= 0.6 is 7.34 Å². The topological polar surface area (TPSA) is 80.7 Å². The van der Waals surface area contributed by atoms with E-state index in [2.05, 4.69) is 69.9 Å². The number of hydrogen-bond donors (Lipinski definition) is 0. The van der Waals surface area contributed by atoms with Gasteiger partial charge in [0, 0.05) is 35.2 Å². The lowest BCUT2D eigenvalue weighted by Crippen LogP contribution is -2.52. The second kappa shape index (κ2) is 10.2. The summed E-state index contributed by atoms with van der Waals surface area (Å²) in [5.41, 5.74) is -0.354. The van der Waals surface area contributed by atoms with Crippen LogP contribution in [-0.4, -0.2) is 71.7 Å². The van der Waals surface area contributed by atoms with Crippen LogP contribution in [0.4, 0.5) is 0 Å². The van der Waals surface area contributed by atoms with Crippen molar-refractivity contribution in [1.29, 1.82) is 0 Å². The summed E-state index contributed by atoms with van der Waals surface area (Å²) in [4.78, 5) is 28.8. The van der Waals surface area contributed by atoms with Gasteiger partial charge in [0.25, 0.3) is 0 Å². The molecule has 41 heavy (non-hydrogen) atoms. The van der Waals surface area contributed by atoms with Crippen LogP contribution in [0.5, 0.6) is 5.75 Å². The molecule has 2 fully saturated rings. The predicted octanol–water partition coefficient (Wildman–Crippen LogP) is 6.06. The second-order valence-electron chi connectivity index (χ2n) is 13.6. The van der Waals surface area contributed by atoms with Gasteiger partial charge >= 0.3 is 11.9 Å². The van der Waals surface area contributed by atoms with Gasteiger partial charge in [-0.3, -0.25) is 4.79 Å². The summed E-state index contributed by atoms with van der Waals surface area (Å²) < 4.78 is 27.7. The Balaban J connectivity index is 2.02. The van der Waals surface area contributed by atoms with Crippen LogP contribution in [0.15, 0.2) is 29.0 Å². The fraction of sp³-hybridized carbons (Fsp3) is 0.688. The normalized spacial score (nSPS) is 31.5. The lowest BCUT2D eigenvalue weighted by Gasteiger charge is -2.55. The Hall–Kier alpha value is -2.15. The highest BCUT2D eigenvalue weighted by Crippen LogP contribution is 2.91. The van der Waals surface area contributed by atoms with Crippen LogP contribution in [-0.2, 0) is 24.6 Å². The van der Waals surface area contributed by atoms with Gasteiger partial charge in [0.2, 0.25) is 0 Å². The van der Waals surface area contributed by atoms with Gasteiger partial charge in [-0.05, 0) is 58.2 Å². The summed E-state index contributed by atoms with van der Waals surface area (Å²) in [6.45, 7) is 15.2. The Kier molecular flexibility index (Phi) is 7.57. The third-order valence-corrected chi connectivity index (χ3v) is 14.2. The third-order valence-electron chi connectivity index (χ3n) is 9.71. The number of carbonyl (C=O) groups is 2. The van der Waals surface area contributed by atoms with Crippen molar-refractivity contribution in [3.05, 3.63) is 29.8 Å². The Morgan fingerprint density at radius 3 is 2.02 bits per heavy atom. The molecule has 226 valence electrons. The smallest absolute Gasteiger partial charge is 0.339 e. The summed E-state index contributed by atoms with van der Waals surface area (Å²) in [6, 6.07) is 8.40. The van der Waals surface area contributed by atoms with Gasteiger partial charge in [-0.2, -0.15) is 0 Å². The quantitative estimate of drug-likeness (QED) is 0.271. The van der Waals surface area contributed by atoms with Crippen molar-refractivity contribution in [3.8, 4) is 5.75 Å². The molecule has 1 aromatic rings. The van der Waals surface area contributed by atoms with Gasteiger partial charge in [0.15, 0.2) is 0 Å². The summed E-state index contributed by atoms with van der Waals surface area (Å²) >= 11 is 0. The fourth-order valence-corrected chi connectivity index (χ4v) is 14.3. The Morgan fingerprint density at radius 2 is 1.56 bits per heavy atom. The molecular weight excluding hydrogens is 537 g/mol. The first-order valence-corrected chi connectivity index (χ1v) is 16.8. The molecule has 0 saturated heterocycles. The second-order valence-corrected chi connectivity index (χ2v) is 16.3. The zero-order valence-corrected chi connectivity index (χ0v) is 27.4. The van der Waals surface area contributed by atoms with Crippen molar-refractivity contribution in [1.82, 2.24) is 9.34 Å². The molecule has 9 heteroatoms. The highest BCUT2D eigenvalue weighted by molar-refractivity contribution is 7.74.